The highest BCUT2D eigenvalue weighted by Gasteiger charge is 2.16. The molecule has 0 spiro atoms. The van der Waals surface area contributed by atoms with Gasteiger partial charge in [-0.15, -0.1) is 0 Å². The number of likely N-dealkylation sites (N-methyl/N-ethyl adjacent to an activating group) is 1. The molecular weight excluding hydrogens is 264 g/mol. The van der Waals surface area contributed by atoms with E-state index in [0.717, 1.165) is 29.8 Å². The van der Waals surface area contributed by atoms with Gasteiger partial charge in [0.25, 0.3) is 5.91 Å². The summed E-state index contributed by atoms with van der Waals surface area (Å²) in [5.74, 6) is 0.0321. The van der Waals surface area contributed by atoms with Gasteiger partial charge in [-0.05, 0) is 39.3 Å². The number of ether oxygens (including phenoxy) is 1. The Morgan fingerprint density at radius 2 is 2.10 bits per heavy atom. The largest absolute Gasteiger partial charge is 0.384 e. The van der Waals surface area contributed by atoms with Crippen LogP contribution in [0.15, 0.2) is 18.2 Å². The second-order valence-electron chi connectivity index (χ2n) is 5.62. The molecule has 0 bridgehead atoms. The van der Waals surface area contributed by atoms with Crippen LogP contribution in [0.4, 0.5) is 5.69 Å². The summed E-state index contributed by atoms with van der Waals surface area (Å²) in [5, 5.41) is 3.32. The van der Waals surface area contributed by atoms with E-state index in [4.69, 9.17) is 4.74 Å². The van der Waals surface area contributed by atoms with Gasteiger partial charge in [-0.3, -0.25) is 4.79 Å². The first kappa shape index (κ1) is 17.5. The highest BCUT2D eigenvalue weighted by atomic mass is 16.5. The van der Waals surface area contributed by atoms with E-state index in [0.29, 0.717) is 13.2 Å². The third kappa shape index (κ3) is 5.76. The number of carbonyl (C=O) groups is 1. The normalized spacial score (nSPS) is 10.8. The van der Waals surface area contributed by atoms with Crippen molar-refractivity contribution in [3.05, 3.63) is 29.3 Å². The Hall–Kier alpha value is -1.55. The maximum Gasteiger partial charge on any atom is 0.255 e. The van der Waals surface area contributed by atoms with E-state index in [1.54, 1.807) is 4.90 Å². The van der Waals surface area contributed by atoms with Crippen LogP contribution in [0.25, 0.3) is 0 Å². The number of hydrogen-bond donors (Lipinski definition) is 1. The Bertz CT molecular complexity index is 458. The molecule has 0 unspecified atom stereocenters. The molecular formula is C17H28N2O2. The maximum absolute atomic E-state index is 12.6. The van der Waals surface area contributed by atoms with Crippen LogP contribution in [0, 0.1) is 6.92 Å². The smallest absolute Gasteiger partial charge is 0.255 e. The van der Waals surface area contributed by atoms with Crippen molar-refractivity contribution in [1.29, 1.82) is 0 Å². The Morgan fingerprint density at radius 3 is 2.71 bits per heavy atom. The zero-order valence-electron chi connectivity index (χ0n) is 13.9. The molecule has 1 aromatic carbocycles. The lowest BCUT2D eigenvalue weighted by molar-refractivity contribution is 0.0532. The van der Waals surface area contributed by atoms with E-state index >= 15 is 0 Å². The van der Waals surface area contributed by atoms with Gasteiger partial charge in [-0.25, -0.2) is 0 Å². The molecule has 4 heteroatoms. The van der Waals surface area contributed by atoms with Gasteiger partial charge in [0.2, 0.25) is 0 Å². The summed E-state index contributed by atoms with van der Waals surface area (Å²) in [5.41, 5.74) is 2.73. The second kappa shape index (κ2) is 8.67. The second-order valence-corrected chi connectivity index (χ2v) is 5.62. The third-order valence-corrected chi connectivity index (χ3v) is 3.20. The number of rotatable bonds is 8. The van der Waals surface area contributed by atoms with Gasteiger partial charge in [-0.2, -0.15) is 0 Å². The lowest BCUT2D eigenvalue weighted by atomic mass is 10.1. The fourth-order valence-electron chi connectivity index (χ4n) is 1.98. The molecule has 0 saturated carbocycles. The number of benzene rings is 1. The molecule has 0 aliphatic rings. The van der Waals surface area contributed by atoms with Gasteiger partial charge in [0, 0.05) is 25.8 Å². The van der Waals surface area contributed by atoms with Crippen molar-refractivity contribution in [2.24, 2.45) is 0 Å². The summed E-state index contributed by atoms with van der Waals surface area (Å²) in [6, 6.07) is 5.95. The minimum Gasteiger partial charge on any atom is -0.384 e. The van der Waals surface area contributed by atoms with Crippen LogP contribution < -0.4 is 5.32 Å². The van der Waals surface area contributed by atoms with E-state index in [1.165, 1.54) is 0 Å². The van der Waals surface area contributed by atoms with Crippen LogP contribution in [0.1, 0.15) is 43.1 Å². The lowest BCUT2D eigenvalue weighted by Gasteiger charge is -2.20. The van der Waals surface area contributed by atoms with Gasteiger partial charge in [0.1, 0.15) is 0 Å². The van der Waals surface area contributed by atoms with Crippen LogP contribution in [0.5, 0.6) is 0 Å². The lowest BCUT2D eigenvalue weighted by Crippen LogP contribution is -2.31. The molecule has 0 atom stereocenters. The zero-order valence-corrected chi connectivity index (χ0v) is 13.9. The van der Waals surface area contributed by atoms with Crippen molar-refractivity contribution < 1.29 is 9.53 Å². The monoisotopic (exact) mass is 292 g/mol. The Morgan fingerprint density at radius 1 is 1.38 bits per heavy atom. The summed E-state index contributed by atoms with van der Waals surface area (Å²) in [4.78, 5) is 14.3. The number of nitrogens with one attached hydrogen (secondary N) is 1. The topological polar surface area (TPSA) is 41.6 Å². The number of aryl methyl sites for hydroxylation is 1. The van der Waals surface area contributed by atoms with Gasteiger partial charge in [0.15, 0.2) is 0 Å². The first-order valence-corrected chi connectivity index (χ1v) is 7.67. The molecule has 1 amide bonds. The number of anilines is 1. The number of nitrogens with zero attached hydrogens (tertiary/aromatic N) is 1. The average Bonchev–Trinajstić information content (AvgIpc) is 2.44. The van der Waals surface area contributed by atoms with Gasteiger partial charge >= 0.3 is 0 Å². The first-order valence-electron chi connectivity index (χ1n) is 7.67. The molecule has 0 aromatic heterocycles. The van der Waals surface area contributed by atoms with E-state index < -0.39 is 0 Å². The summed E-state index contributed by atoms with van der Waals surface area (Å²) in [6.45, 7) is 10.1. The van der Waals surface area contributed by atoms with E-state index in [-0.39, 0.29) is 12.0 Å². The maximum atomic E-state index is 12.6. The predicted octanol–water partition coefficient (Wildman–Crippen LogP) is 3.31. The molecule has 0 heterocycles. The molecule has 1 rings (SSSR count). The number of hydrogen-bond acceptors (Lipinski definition) is 3. The van der Waals surface area contributed by atoms with Gasteiger partial charge in [-0.1, -0.05) is 18.6 Å². The molecule has 1 aromatic rings. The number of amides is 1. The summed E-state index contributed by atoms with van der Waals surface area (Å²) < 4.78 is 5.51. The molecule has 0 aliphatic carbocycles. The van der Waals surface area contributed by atoms with E-state index in [2.05, 4.69) is 12.2 Å². The molecule has 118 valence electrons. The summed E-state index contributed by atoms with van der Waals surface area (Å²) in [6.07, 6.45) is 1.22. The molecule has 21 heavy (non-hydrogen) atoms. The highest BCUT2D eigenvalue weighted by molar-refractivity contribution is 5.99. The fraction of sp³-hybridized carbons (Fsp3) is 0.588. The molecule has 1 N–H and O–H groups in total. The fourth-order valence-corrected chi connectivity index (χ4v) is 1.98. The van der Waals surface area contributed by atoms with E-state index in [1.807, 2.05) is 46.0 Å². The minimum atomic E-state index is 0.0321. The molecule has 4 nitrogen and oxygen atoms in total. The zero-order chi connectivity index (χ0) is 15.8. The summed E-state index contributed by atoms with van der Waals surface area (Å²) in [7, 11) is 1.82. The SMILES string of the molecule is CCCNc1ccc(C)cc1C(=O)N(C)CCOC(C)C. The van der Waals surface area contributed by atoms with Crippen molar-refractivity contribution in [3.63, 3.8) is 0 Å². The molecule has 0 aliphatic heterocycles. The van der Waals surface area contributed by atoms with Crippen molar-refractivity contribution in [2.45, 2.75) is 40.2 Å². The number of carbonyl (C=O) groups excluding carboxylic acids is 1. The van der Waals surface area contributed by atoms with Crippen molar-refractivity contribution in [3.8, 4) is 0 Å². The van der Waals surface area contributed by atoms with Crippen molar-refractivity contribution >= 4 is 11.6 Å². The van der Waals surface area contributed by atoms with Gasteiger partial charge < -0.3 is 15.0 Å². The van der Waals surface area contributed by atoms with E-state index in [9.17, 15) is 4.79 Å². The van der Waals surface area contributed by atoms with Crippen molar-refractivity contribution in [1.82, 2.24) is 4.90 Å². The van der Waals surface area contributed by atoms with Gasteiger partial charge in [0.05, 0.1) is 18.3 Å². The Balaban J connectivity index is 2.77. The quantitative estimate of drug-likeness (QED) is 0.799. The molecule has 0 radical (unpaired) electrons. The highest BCUT2D eigenvalue weighted by Crippen LogP contribution is 2.19. The Labute approximate surface area is 128 Å². The van der Waals surface area contributed by atoms with Crippen LogP contribution in [-0.4, -0.2) is 43.7 Å². The predicted molar refractivity (Wildman–Crippen MR) is 88.0 cm³/mol. The first-order chi connectivity index (χ1) is 9.95. The van der Waals surface area contributed by atoms with Crippen molar-refractivity contribution in [2.75, 3.05) is 32.1 Å². The van der Waals surface area contributed by atoms with Crippen LogP contribution >= 0.6 is 0 Å². The standard InChI is InChI=1S/C17H28N2O2/c1-6-9-18-16-8-7-14(4)12-15(16)17(20)19(5)10-11-21-13(2)3/h7-8,12-13,18H,6,9-11H2,1-5H3. The molecule has 0 fully saturated rings. The van der Waals surface area contributed by atoms with Crippen LogP contribution in [0.2, 0.25) is 0 Å². The minimum absolute atomic E-state index is 0.0321. The summed E-state index contributed by atoms with van der Waals surface area (Å²) >= 11 is 0. The third-order valence-electron chi connectivity index (χ3n) is 3.20. The average molecular weight is 292 g/mol. The van der Waals surface area contributed by atoms with Crippen LogP contribution in [-0.2, 0) is 4.74 Å². The Kier molecular flexibility index (Phi) is 7.23. The van der Waals surface area contributed by atoms with Crippen LogP contribution in [0.3, 0.4) is 0 Å². The molecule has 0 saturated heterocycles.